The predicted octanol–water partition coefficient (Wildman–Crippen LogP) is 4.50. The molecule has 1 aliphatic heterocycles. The van der Waals surface area contributed by atoms with Gasteiger partial charge in [-0.1, -0.05) is 12.5 Å². The summed E-state index contributed by atoms with van der Waals surface area (Å²) in [5.41, 5.74) is 8.91. The van der Waals surface area contributed by atoms with Gasteiger partial charge in [-0.25, -0.2) is 0 Å². The second-order valence-corrected chi connectivity index (χ2v) is 6.84. The van der Waals surface area contributed by atoms with Gasteiger partial charge in [-0.15, -0.1) is 0 Å². The lowest BCUT2D eigenvalue weighted by Crippen LogP contribution is -2.26. The van der Waals surface area contributed by atoms with Gasteiger partial charge in [0.1, 0.15) is 5.75 Å². The first kappa shape index (κ1) is 17.9. The Morgan fingerprint density at radius 2 is 1.88 bits per heavy atom. The summed E-state index contributed by atoms with van der Waals surface area (Å²) in [5.74, 6) is -0.316. The van der Waals surface area contributed by atoms with Crippen LogP contribution in [0.15, 0.2) is 41.1 Å². The number of nitrogens with zero attached hydrogens (tertiary/aromatic N) is 1. The Morgan fingerprint density at radius 1 is 1.16 bits per heavy atom. The van der Waals surface area contributed by atoms with Gasteiger partial charge in [0.25, 0.3) is 0 Å². The molecule has 1 unspecified atom stereocenters. The number of phenols is 1. The quantitative estimate of drug-likeness (QED) is 0.782. The fourth-order valence-corrected chi connectivity index (χ4v) is 3.85. The van der Waals surface area contributed by atoms with Gasteiger partial charge in [-0.2, -0.15) is 13.2 Å². The second kappa shape index (κ2) is 6.75. The number of allylic oxidation sites excluding steroid dienone is 1. The van der Waals surface area contributed by atoms with Crippen molar-refractivity contribution in [1.29, 1.82) is 0 Å². The van der Waals surface area contributed by atoms with Gasteiger partial charge >= 0.3 is 6.18 Å². The maximum atomic E-state index is 12.9. The molecule has 1 aromatic rings. The number of phenolic OH excluding ortho intramolecular Hbond substituents is 1. The van der Waals surface area contributed by atoms with E-state index in [2.05, 4.69) is 0 Å². The Morgan fingerprint density at radius 3 is 2.56 bits per heavy atom. The van der Waals surface area contributed by atoms with E-state index in [-0.39, 0.29) is 11.8 Å². The van der Waals surface area contributed by atoms with E-state index in [0.29, 0.717) is 12.1 Å². The van der Waals surface area contributed by atoms with Gasteiger partial charge in [0.2, 0.25) is 0 Å². The molecule has 3 rings (SSSR count). The molecule has 0 radical (unpaired) electrons. The van der Waals surface area contributed by atoms with Gasteiger partial charge in [0, 0.05) is 17.8 Å². The summed E-state index contributed by atoms with van der Waals surface area (Å²) < 4.78 is 38.7. The molecule has 1 aromatic carbocycles. The maximum Gasteiger partial charge on any atom is 0.416 e. The molecule has 3 nitrogen and oxygen atoms in total. The number of hydrogen-bond acceptors (Lipinski definition) is 3. The lowest BCUT2D eigenvalue weighted by Gasteiger charge is -2.30. The molecular formula is C19H23F3N2O. The van der Waals surface area contributed by atoms with Crippen molar-refractivity contribution in [3.05, 3.63) is 52.2 Å². The predicted molar refractivity (Wildman–Crippen MR) is 90.9 cm³/mol. The van der Waals surface area contributed by atoms with Crippen LogP contribution in [0.4, 0.5) is 13.2 Å². The van der Waals surface area contributed by atoms with Crippen LogP contribution in [-0.4, -0.2) is 23.6 Å². The molecule has 0 saturated carbocycles. The van der Waals surface area contributed by atoms with E-state index in [1.54, 1.807) is 0 Å². The summed E-state index contributed by atoms with van der Waals surface area (Å²) >= 11 is 0. The largest absolute Gasteiger partial charge is 0.508 e. The van der Waals surface area contributed by atoms with E-state index < -0.39 is 11.7 Å². The van der Waals surface area contributed by atoms with Crippen molar-refractivity contribution in [3.63, 3.8) is 0 Å². The first-order valence-electron chi connectivity index (χ1n) is 8.57. The number of halogens is 3. The molecule has 1 atom stereocenters. The molecule has 6 heteroatoms. The summed E-state index contributed by atoms with van der Waals surface area (Å²) in [5, 5.41) is 10.3. The topological polar surface area (TPSA) is 49.5 Å². The molecule has 2 aliphatic rings. The van der Waals surface area contributed by atoms with Crippen molar-refractivity contribution in [2.75, 3.05) is 13.6 Å². The minimum Gasteiger partial charge on any atom is -0.508 e. The number of alkyl halides is 3. The Hall–Kier alpha value is -1.95. The van der Waals surface area contributed by atoms with Crippen LogP contribution in [0.5, 0.6) is 5.75 Å². The van der Waals surface area contributed by atoms with Gasteiger partial charge < -0.3 is 10.8 Å². The highest BCUT2D eigenvalue weighted by Crippen LogP contribution is 2.43. The Kier molecular flexibility index (Phi) is 4.82. The van der Waals surface area contributed by atoms with Crippen LogP contribution in [-0.2, 0) is 6.18 Å². The lowest BCUT2D eigenvalue weighted by molar-refractivity contribution is -0.137. The van der Waals surface area contributed by atoms with Crippen LogP contribution in [0.1, 0.15) is 49.3 Å². The molecule has 3 N–H and O–H groups in total. The summed E-state index contributed by atoms with van der Waals surface area (Å²) in [6, 6.07) is 3.01. The van der Waals surface area contributed by atoms with E-state index in [9.17, 15) is 18.3 Å². The Bertz CT molecular complexity index is 722. The van der Waals surface area contributed by atoms with Crippen molar-refractivity contribution in [2.24, 2.45) is 5.73 Å². The van der Waals surface area contributed by atoms with Crippen molar-refractivity contribution < 1.29 is 18.3 Å². The maximum absolute atomic E-state index is 12.9. The fourth-order valence-electron chi connectivity index (χ4n) is 3.85. The van der Waals surface area contributed by atoms with E-state index in [0.717, 1.165) is 61.1 Å². The molecule has 0 amide bonds. The monoisotopic (exact) mass is 352 g/mol. The smallest absolute Gasteiger partial charge is 0.416 e. The third kappa shape index (κ3) is 3.54. The van der Waals surface area contributed by atoms with Crippen LogP contribution in [0, 0.1) is 0 Å². The first-order valence-corrected chi connectivity index (χ1v) is 8.57. The molecule has 1 heterocycles. The molecule has 25 heavy (non-hydrogen) atoms. The minimum absolute atomic E-state index is 0.257. The fraction of sp³-hybridized carbons (Fsp3) is 0.474. The van der Waals surface area contributed by atoms with E-state index in [1.165, 1.54) is 6.07 Å². The molecule has 0 fully saturated rings. The third-order valence-corrected chi connectivity index (χ3v) is 5.13. The van der Waals surface area contributed by atoms with Crippen LogP contribution >= 0.6 is 0 Å². The van der Waals surface area contributed by atoms with Crippen LogP contribution in [0.25, 0.3) is 0 Å². The molecule has 0 saturated heterocycles. The number of benzene rings is 1. The number of rotatable bonds is 1. The van der Waals surface area contributed by atoms with Crippen molar-refractivity contribution in [3.8, 4) is 5.75 Å². The molecule has 136 valence electrons. The zero-order chi connectivity index (χ0) is 18.2. The van der Waals surface area contributed by atoms with Gasteiger partial charge in [0.05, 0.1) is 11.6 Å². The van der Waals surface area contributed by atoms with E-state index in [1.807, 2.05) is 18.0 Å². The summed E-state index contributed by atoms with van der Waals surface area (Å²) in [7, 11) is 1.91. The van der Waals surface area contributed by atoms with Crippen LogP contribution in [0.2, 0.25) is 0 Å². The summed E-state index contributed by atoms with van der Waals surface area (Å²) in [4.78, 5) is 2.03. The standard InChI is InChI=1S/C19H23F3N2O/c1-24-10-9-16(23)13-5-3-2-4-6-14(13)18(24)15-8-7-12(11-17(15)25)19(20,21)22/h7-9,11,18,25H,2-6,10,23H2,1H3. The van der Waals surface area contributed by atoms with Gasteiger partial charge in [-0.05, 0) is 62.1 Å². The van der Waals surface area contributed by atoms with Crippen molar-refractivity contribution in [1.82, 2.24) is 4.90 Å². The van der Waals surface area contributed by atoms with Gasteiger partial charge in [-0.3, -0.25) is 4.90 Å². The minimum atomic E-state index is -4.47. The zero-order valence-electron chi connectivity index (χ0n) is 14.2. The Balaban J connectivity index is 2.09. The second-order valence-electron chi connectivity index (χ2n) is 6.84. The molecular weight excluding hydrogens is 329 g/mol. The van der Waals surface area contributed by atoms with Crippen LogP contribution in [0.3, 0.4) is 0 Å². The molecule has 0 aromatic heterocycles. The van der Waals surface area contributed by atoms with Crippen LogP contribution < -0.4 is 5.73 Å². The van der Waals surface area contributed by atoms with Crippen molar-refractivity contribution >= 4 is 0 Å². The average molecular weight is 352 g/mol. The van der Waals surface area contributed by atoms with Crippen molar-refractivity contribution in [2.45, 2.75) is 44.3 Å². The number of aromatic hydroxyl groups is 1. The number of nitrogens with two attached hydrogens (primary N) is 1. The normalized spacial score (nSPS) is 22.9. The highest BCUT2D eigenvalue weighted by molar-refractivity contribution is 5.47. The molecule has 0 spiro atoms. The SMILES string of the molecule is CN1CC=C(N)C2=C(CCCCC2)C1c1ccc(C(F)(F)F)cc1O. The zero-order valence-corrected chi connectivity index (χ0v) is 14.2. The average Bonchev–Trinajstić information content (AvgIpc) is 2.84. The van der Waals surface area contributed by atoms with E-state index >= 15 is 0 Å². The summed E-state index contributed by atoms with van der Waals surface area (Å²) in [6.07, 6.45) is 2.41. The highest BCUT2D eigenvalue weighted by atomic mass is 19.4. The first-order chi connectivity index (χ1) is 11.8. The molecule has 1 aliphatic carbocycles. The highest BCUT2D eigenvalue weighted by Gasteiger charge is 2.34. The molecule has 0 bridgehead atoms. The Labute approximate surface area is 145 Å². The number of hydrogen-bond donors (Lipinski definition) is 2. The van der Waals surface area contributed by atoms with E-state index in [4.69, 9.17) is 5.73 Å². The lowest BCUT2D eigenvalue weighted by atomic mass is 9.89. The van der Waals surface area contributed by atoms with Gasteiger partial charge in [0.15, 0.2) is 0 Å². The summed E-state index contributed by atoms with van der Waals surface area (Å²) in [6.45, 7) is 0.587. The third-order valence-electron chi connectivity index (χ3n) is 5.13. The number of likely N-dealkylation sites (N-methyl/N-ethyl adjacent to an activating group) is 1.